The van der Waals surface area contributed by atoms with E-state index >= 15 is 0 Å². The molecule has 6 heteroatoms. The second-order valence-corrected chi connectivity index (χ2v) is 7.72. The highest BCUT2D eigenvalue weighted by Gasteiger charge is 2.52. The molecule has 0 aromatic heterocycles. The largest absolute Gasteiger partial charge is 0.504 e. The van der Waals surface area contributed by atoms with Gasteiger partial charge in [0.2, 0.25) is 5.91 Å². The van der Waals surface area contributed by atoms with Crippen LogP contribution in [0.4, 0.5) is 0 Å². The third-order valence-electron chi connectivity index (χ3n) is 5.29. The van der Waals surface area contributed by atoms with Crippen LogP contribution in [0.3, 0.4) is 0 Å². The van der Waals surface area contributed by atoms with Gasteiger partial charge < -0.3 is 19.5 Å². The summed E-state index contributed by atoms with van der Waals surface area (Å²) < 4.78 is 11.0. The Bertz CT molecular complexity index is 878. The molecule has 2 aliphatic rings. The lowest BCUT2D eigenvalue weighted by Gasteiger charge is -2.25. The fourth-order valence-corrected chi connectivity index (χ4v) is 3.88. The molecule has 2 aromatic carbocycles. The monoisotopic (exact) mass is 387 g/mol. The molecule has 1 saturated carbocycles. The first-order valence-electron chi connectivity index (χ1n) is 9.05. The van der Waals surface area contributed by atoms with Gasteiger partial charge in [0.1, 0.15) is 6.61 Å². The number of phenolic OH excluding ortho intramolecular Hbond substituents is 1. The minimum absolute atomic E-state index is 0.0785. The van der Waals surface area contributed by atoms with Gasteiger partial charge >= 0.3 is 0 Å². The molecule has 1 aliphatic carbocycles. The number of nitrogens with zero attached hydrogens (tertiary/aromatic N) is 1. The Kier molecular flexibility index (Phi) is 4.74. The summed E-state index contributed by atoms with van der Waals surface area (Å²) in [6.45, 7) is 1.70. The van der Waals surface area contributed by atoms with Gasteiger partial charge in [-0.2, -0.15) is 0 Å². The third-order valence-corrected chi connectivity index (χ3v) is 5.52. The molecular formula is C21H22ClNO4. The highest BCUT2D eigenvalue weighted by Crippen LogP contribution is 2.48. The predicted molar refractivity (Wildman–Crippen MR) is 103 cm³/mol. The van der Waals surface area contributed by atoms with Crippen LogP contribution in [0.5, 0.6) is 11.5 Å². The van der Waals surface area contributed by atoms with Gasteiger partial charge in [-0.05, 0) is 48.2 Å². The van der Waals surface area contributed by atoms with Crippen molar-refractivity contribution in [2.75, 3.05) is 26.9 Å². The summed E-state index contributed by atoms with van der Waals surface area (Å²) in [4.78, 5) is 14.8. The summed E-state index contributed by atoms with van der Waals surface area (Å²) in [5.74, 6) is 0.635. The summed E-state index contributed by atoms with van der Waals surface area (Å²) >= 11 is 6.10. The second-order valence-electron chi connectivity index (χ2n) is 7.28. The molecule has 0 saturated heterocycles. The molecule has 1 heterocycles. The lowest BCUT2D eigenvalue weighted by molar-refractivity contribution is -0.139. The third kappa shape index (κ3) is 3.49. The van der Waals surface area contributed by atoms with Crippen LogP contribution in [0.15, 0.2) is 36.4 Å². The highest BCUT2D eigenvalue weighted by molar-refractivity contribution is 6.30. The zero-order valence-electron chi connectivity index (χ0n) is 15.2. The van der Waals surface area contributed by atoms with Crippen molar-refractivity contribution >= 4 is 17.5 Å². The maximum Gasteiger partial charge on any atom is 0.231 e. The first-order valence-corrected chi connectivity index (χ1v) is 9.43. The van der Waals surface area contributed by atoms with E-state index in [1.165, 1.54) is 0 Å². The van der Waals surface area contributed by atoms with Crippen LogP contribution < -0.4 is 4.74 Å². The van der Waals surface area contributed by atoms with Crippen LogP contribution in [0.2, 0.25) is 5.02 Å². The van der Waals surface area contributed by atoms with Crippen molar-refractivity contribution in [1.29, 1.82) is 0 Å². The second kappa shape index (κ2) is 7.06. The van der Waals surface area contributed by atoms with Crippen molar-refractivity contribution in [3.63, 3.8) is 0 Å². The standard InChI is InChI=1S/C21H22ClNO4/c1-26-13-21(5-6-21)20(25)23-7-8-27-19-16(12-23)9-15(11-18(19)24)14-3-2-4-17(22)10-14/h2-4,9-11,24H,5-8,12-13H2,1H3. The van der Waals surface area contributed by atoms with Gasteiger partial charge in [0.15, 0.2) is 11.5 Å². The molecule has 5 nitrogen and oxygen atoms in total. The number of rotatable bonds is 4. The van der Waals surface area contributed by atoms with Crippen molar-refractivity contribution in [3.8, 4) is 22.6 Å². The Labute approximate surface area is 163 Å². The molecule has 2 aromatic rings. The highest BCUT2D eigenvalue weighted by atomic mass is 35.5. The number of hydrogen-bond acceptors (Lipinski definition) is 4. The summed E-state index contributed by atoms with van der Waals surface area (Å²) in [5, 5.41) is 11.1. The van der Waals surface area contributed by atoms with E-state index in [1.807, 2.05) is 35.2 Å². The van der Waals surface area contributed by atoms with Crippen LogP contribution in [0, 0.1) is 5.41 Å². The average molecular weight is 388 g/mol. The minimum atomic E-state index is -0.383. The lowest BCUT2D eigenvalue weighted by Crippen LogP contribution is -2.39. The molecule has 142 valence electrons. The lowest BCUT2D eigenvalue weighted by atomic mass is 10.0. The van der Waals surface area contributed by atoms with E-state index in [2.05, 4.69) is 0 Å². The number of carbonyl (C=O) groups is 1. The summed E-state index contributed by atoms with van der Waals surface area (Å²) in [6, 6.07) is 11.1. The van der Waals surface area contributed by atoms with E-state index in [4.69, 9.17) is 21.1 Å². The number of amides is 1. The normalized spacial score (nSPS) is 17.6. The van der Waals surface area contributed by atoms with Gasteiger partial charge in [-0.1, -0.05) is 23.7 Å². The van der Waals surface area contributed by atoms with Crippen LogP contribution in [0.25, 0.3) is 11.1 Å². The molecule has 0 radical (unpaired) electrons. The van der Waals surface area contributed by atoms with E-state index in [0.29, 0.717) is 37.1 Å². The number of methoxy groups -OCH3 is 1. The molecule has 0 atom stereocenters. The van der Waals surface area contributed by atoms with Crippen molar-refractivity contribution in [1.82, 2.24) is 4.90 Å². The molecular weight excluding hydrogens is 366 g/mol. The van der Waals surface area contributed by atoms with Crippen LogP contribution >= 0.6 is 11.6 Å². The number of carbonyl (C=O) groups excluding carboxylic acids is 1. The molecule has 1 aliphatic heterocycles. The Balaban J connectivity index is 1.66. The van der Waals surface area contributed by atoms with Gasteiger partial charge in [0.25, 0.3) is 0 Å². The summed E-state index contributed by atoms with van der Waals surface area (Å²) in [7, 11) is 1.63. The summed E-state index contributed by atoms with van der Waals surface area (Å²) in [5.41, 5.74) is 2.15. The molecule has 27 heavy (non-hydrogen) atoms. The van der Waals surface area contributed by atoms with Crippen LogP contribution in [-0.2, 0) is 16.1 Å². The van der Waals surface area contributed by atoms with Crippen molar-refractivity contribution in [2.45, 2.75) is 19.4 Å². The van der Waals surface area contributed by atoms with Crippen molar-refractivity contribution < 1.29 is 19.4 Å². The fourth-order valence-electron chi connectivity index (χ4n) is 3.69. The average Bonchev–Trinajstić information content (AvgIpc) is 3.45. The fraction of sp³-hybridized carbons (Fsp3) is 0.381. The van der Waals surface area contributed by atoms with Crippen molar-refractivity contribution in [3.05, 3.63) is 47.0 Å². The maximum atomic E-state index is 13.0. The number of hydrogen-bond donors (Lipinski definition) is 1. The topological polar surface area (TPSA) is 59.0 Å². The maximum absolute atomic E-state index is 13.0. The van der Waals surface area contributed by atoms with E-state index < -0.39 is 0 Å². The van der Waals surface area contributed by atoms with E-state index in [-0.39, 0.29) is 17.1 Å². The van der Waals surface area contributed by atoms with E-state index in [9.17, 15) is 9.90 Å². The molecule has 1 amide bonds. The quantitative estimate of drug-likeness (QED) is 0.865. The van der Waals surface area contributed by atoms with Crippen molar-refractivity contribution in [2.24, 2.45) is 5.41 Å². The molecule has 0 bridgehead atoms. The zero-order chi connectivity index (χ0) is 19.0. The Morgan fingerprint density at radius 2 is 2.11 bits per heavy atom. The Hall–Kier alpha value is -2.24. The first-order chi connectivity index (χ1) is 13.0. The number of ether oxygens (including phenoxy) is 2. The smallest absolute Gasteiger partial charge is 0.231 e. The van der Waals surface area contributed by atoms with Crippen LogP contribution in [-0.4, -0.2) is 42.8 Å². The summed E-state index contributed by atoms with van der Waals surface area (Å²) in [6.07, 6.45) is 1.72. The van der Waals surface area contributed by atoms with E-state index in [1.54, 1.807) is 13.2 Å². The molecule has 0 spiro atoms. The first kappa shape index (κ1) is 18.1. The van der Waals surface area contributed by atoms with Crippen LogP contribution in [0.1, 0.15) is 18.4 Å². The zero-order valence-corrected chi connectivity index (χ0v) is 16.0. The minimum Gasteiger partial charge on any atom is -0.504 e. The number of benzene rings is 2. The van der Waals surface area contributed by atoms with Gasteiger partial charge in [0, 0.05) is 24.2 Å². The van der Waals surface area contributed by atoms with Gasteiger partial charge in [-0.25, -0.2) is 0 Å². The molecule has 4 rings (SSSR count). The van der Waals surface area contributed by atoms with Gasteiger partial charge in [-0.3, -0.25) is 4.79 Å². The molecule has 0 unspecified atom stereocenters. The molecule has 1 N–H and O–H groups in total. The molecule has 1 fully saturated rings. The van der Waals surface area contributed by atoms with E-state index in [0.717, 1.165) is 29.5 Å². The number of aromatic hydroxyl groups is 1. The van der Waals surface area contributed by atoms with Gasteiger partial charge in [0.05, 0.1) is 18.6 Å². The Morgan fingerprint density at radius 3 is 2.81 bits per heavy atom. The number of halogens is 1. The predicted octanol–water partition coefficient (Wildman–Crippen LogP) is 3.86. The number of fused-ring (bicyclic) bond motifs is 1. The van der Waals surface area contributed by atoms with Gasteiger partial charge in [-0.15, -0.1) is 0 Å². The Morgan fingerprint density at radius 1 is 1.30 bits per heavy atom. The SMILES string of the molecule is COCC1(C(=O)N2CCOc3c(O)cc(-c4cccc(Cl)c4)cc3C2)CC1. The number of phenols is 1.